The quantitative estimate of drug-likeness (QED) is 0.859. The molecule has 6 heteroatoms. The van der Waals surface area contributed by atoms with Crippen molar-refractivity contribution in [3.05, 3.63) is 35.1 Å². The van der Waals surface area contributed by atoms with Gasteiger partial charge in [0.15, 0.2) is 0 Å². The van der Waals surface area contributed by atoms with Crippen molar-refractivity contribution in [3.63, 3.8) is 0 Å². The molecule has 0 bridgehead atoms. The largest absolute Gasteiger partial charge is 0.480 e. The van der Waals surface area contributed by atoms with Gasteiger partial charge in [-0.3, -0.25) is 14.6 Å². The molecule has 0 aromatic heterocycles. The molecule has 1 atom stereocenters. The van der Waals surface area contributed by atoms with E-state index in [-0.39, 0.29) is 18.5 Å². The summed E-state index contributed by atoms with van der Waals surface area (Å²) in [6, 6.07) is 5.32. The lowest BCUT2D eigenvalue weighted by atomic mass is 10.1. The predicted octanol–water partition coefficient (Wildman–Crippen LogP) is 1.35. The Morgan fingerprint density at radius 2 is 2.32 bits per heavy atom. The monoisotopic (exact) mass is 310 g/mol. The number of aliphatic carboxylic acids is 1. The van der Waals surface area contributed by atoms with Crippen molar-refractivity contribution in [3.8, 4) is 0 Å². The van der Waals surface area contributed by atoms with Gasteiger partial charge in [0.25, 0.3) is 0 Å². The molecule has 1 aromatic rings. The topological polar surface area (TPSA) is 53.0 Å². The molecule has 1 aliphatic heterocycles. The van der Waals surface area contributed by atoms with E-state index in [4.69, 9.17) is 9.84 Å². The van der Waals surface area contributed by atoms with Crippen LogP contribution in [0.3, 0.4) is 0 Å². The first-order valence-corrected chi connectivity index (χ1v) is 7.43. The van der Waals surface area contributed by atoms with Crippen molar-refractivity contribution in [2.45, 2.75) is 19.6 Å². The zero-order chi connectivity index (χ0) is 16.1. The minimum Gasteiger partial charge on any atom is -0.480 e. The lowest BCUT2D eigenvalue weighted by Crippen LogP contribution is -2.47. The standard InChI is InChI=1S/C16H23FN2O3/c1-12-3-4-13(7-15(12)17)8-19-5-6-22-14(10-19)9-18(2)11-16(20)21/h3-4,7,14H,5-6,8-11H2,1-2H3,(H,20,21). The van der Waals surface area contributed by atoms with Gasteiger partial charge >= 0.3 is 5.97 Å². The SMILES string of the molecule is Cc1ccc(CN2CCOC(CN(C)CC(=O)O)C2)cc1F. The Balaban J connectivity index is 1.87. The molecule has 1 fully saturated rings. The van der Waals surface area contributed by atoms with E-state index >= 15 is 0 Å². The molecule has 0 saturated carbocycles. The molecule has 0 spiro atoms. The van der Waals surface area contributed by atoms with Crippen LogP contribution in [0.2, 0.25) is 0 Å². The highest BCUT2D eigenvalue weighted by molar-refractivity contribution is 5.69. The molecule has 1 unspecified atom stereocenters. The number of aryl methyl sites for hydroxylation is 1. The molecule has 1 N–H and O–H groups in total. The van der Waals surface area contributed by atoms with E-state index in [0.29, 0.717) is 25.3 Å². The summed E-state index contributed by atoms with van der Waals surface area (Å²) in [7, 11) is 1.77. The third kappa shape index (κ3) is 5.05. The van der Waals surface area contributed by atoms with E-state index < -0.39 is 5.97 Å². The van der Waals surface area contributed by atoms with Crippen LogP contribution in [0.1, 0.15) is 11.1 Å². The van der Waals surface area contributed by atoms with Gasteiger partial charge in [-0.2, -0.15) is 0 Å². The number of likely N-dealkylation sites (N-methyl/N-ethyl adjacent to an activating group) is 1. The summed E-state index contributed by atoms with van der Waals surface area (Å²) in [4.78, 5) is 14.6. The number of carboxylic acid groups (broad SMARTS) is 1. The highest BCUT2D eigenvalue weighted by atomic mass is 19.1. The Morgan fingerprint density at radius 3 is 3.00 bits per heavy atom. The number of halogens is 1. The van der Waals surface area contributed by atoms with E-state index in [0.717, 1.165) is 18.7 Å². The predicted molar refractivity (Wildman–Crippen MR) is 81.3 cm³/mol. The number of benzene rings is 1. The van der Waals surface area contributed by atoms with Crippen molar-refractivity contribution >= 4 is 5.97 Å². The maximum atomic E-state index is 13.6. The molecule has 0 amide bonds. The van der Waals surface area contributed by atoms with Crippen LogP contribution in [0.4, 0.5) is 4.39 Å². The Hall–Kier alpha value is -1.50. The van der Waals surface area contributed by atoms with Gasteiger partial charge in [-0.25, -0.2) is 4.39 Å². The average molecular weight is 310 g/mol. The molecule has 2 rings (SSSR count). The summed E-state index contributed by atoms with van der Waals surface area (Å²) in [5.74, 6) is -1.02. The Bertz CT molecular complexity index is 524. The molecule has 0 aliphatic carbocycles. The van der Waals surface area contributed by atoms with Crippen molar-refractivity contribution in [2.24, 2.45) is 0 Å². The summed E-state index contributed by atoms with van der Waals surface area (Å²) in [6.45, 7) is 5.14. The van der Waals surface area contributed by atoms with Crippen LogP contribution in [0.5, 0.6) is 0 Å². The van der Waals surface area contributed by atoms with E-state index in [1.165, 1.54) is 0 Å². The number of carbonyl (C=O) groups is 1. The average Bonchev–Trinajstić information content (AvgIpc) is 2.42. The van der Waals surface area contributed by atoms with Crippen LogP contribution in [0.15, 0.2) is 18.2 Å². The number of carboxylic acids is 1. The molecular weight excluding hydrogens is 287 g/mol. The van der Waals surface area contributed by atoms with E-state index in [2.05, 4.69) is 4.90 Å². The van der Waals surface area contributed by atoms with Crippen LogP contribution < -0.4 is 0 Å². The second kappa shape index (κ2) is 7.67. The van der Waals surface area contributed by atoms with Gasteiger partial charge in [-0.05, 0) is 31.2 Å². The first-order chi connectivity index (χ1) is 10.4. The summed E-state index contributed by atoms with van der Waals surface area (Å²) in [5.41, 5.74) is 1.60. The van der Waals surface area contributed by atoms with Gasteiger partial charge in [-0.15, -0.1) is 0 Å². The summed E-state index contributed by atoms with van der Waals surface area (Å²) in [5, 5.41) is 8.78. The fourth-order valence-corrected chi connectivity index (χ4v) is 2.67. The Labute approximate surface area is 130 Å². The van der Waals surface area contributed by atoms with Crippen LogP contribution in [0.25, 0.3) is 0 Å². The van der Waals surface area contributed by atoms with Crippen LogP contribution in [-0.4, -0.2) is 66.8 Å². The van der Waals surface area contributed by atoms with E-state index in [9.17, 15) is 9.18 Å². The highest BCUT2D eigenvalue weighted by Gasteiger charge is 2.22. The lowest BCUT2D eigenvalue weighted by Gasteiger charge is -2.34. The summed E-state index contributed by atoms with van der Waals surface area (Å²) in [6.07, 6.45) is -0.0200. The zero-order valence-corrected chi connectivity index (χ0v) is 13.1. The summed E-state index contributed by atoms with van der Waals surface area (Å²) >= 11 is 0. The second-order valence-corrected chi connectivity index (χ2v) is 5.90. The van der Waals surface area contributed by atoms with Crippen molar-refractivity contribution in [1.82, 2.24) is 9.80 Å². The maximum absolute atomic E-state index is 13.6. The fourth-order valence-electron chi connectivity index (χ4n) is 2.67. The number of nitrogens with zero attached hydrogens (tertiary/aromatic N) is 2. The lowest BCUT2D eigenvalue weighted by molar-refractivity contribution is -0.138. The number of morpholine rings is 1. The molecule has 0 radical (unpaired) electrons. The molecule has 1 saturated heterocycles. The number of hydrogen-bond donors (Lipinski definition) is 1. The van der Waals surface area contributed by atoms with Gasteiger partial charge in [0.1, 0.15) is 5.82 Å². The van der Waals surface area contributed by atoms with Crippen molar-refractivity contribution in [2.75, 3.05) is 39.8 Å². The molecule has 22 heavy (non-hydrogen) atoms. The van der Waals surface area contributed by atoms with Gasteiger partial charge in [0, 0.05) is 26.2 Å². The molecule has 5 nitrogen and oxygen atoms in total. The number of rotatable bonds is 6. The van der Waals surface area contributed by atoms with Crippen LogP contribution >= 0.6 is 0 Å². The van der Waals surface area contributed by atoms with Crippen molar-refractivity contribution < 1.29 is 19.0 Å². The number of hydrogen-bond acceptors (Lipinski definition) is 4. The smallest absolute Gasteiger partial charge is 0.317 e. The molecule has 1 aliphatic rings. The number of ether oxygens (including phenoxy) is 1. The molecular formula is C16H23FN2O3. The van der Waals surface area contributed by atoms with Crippen molar-refractivity contribution in [1.29, 1.82) is 0 Å². The zero-order valence-electron chi connectivity index (χ0n) is 13.1. The van der Waals surface area contributed by atoms with E-state index in [1.54, 1.807) is 31.0 Å². The van der Waals surface area contributed by atoms with Gasteiger partial charge in [0.2, 0.25) is 0 Å². The normalized spacial score (nSPS) is 19.5. The third-order valence-corrected chi connectivity index (χ3v) is 3.79. The third-order valence-electron chi connectivity index (χ3n) is 3.79. The first-order valence-electron chi connectivity index (χ1n) is 7.43. The van der Waals surface area contributed by atoms with Gasteiger partial charge in [0.05, 0.1) is 19.3 Å². The first kappa shape index (κ1) is 16.9. The fraction of sp³-hybridized carbons (Fsp3) is 0.562. The molecule has 1 aromatic carbocycles. The molecule has 1 heterocycles. The van der Waals surface area contributed by atoms with Gasteiger partial charge < -0.3 is 9.84 Å². The van der Waals surface area contributed by atoms with E-state index in [1.807, 2.05) is 6.07 Å². The maximum Gasteiger partial charge on any atom is 0.317 e. The van der Waals surface area contributed by atoms with Crippen LogP contribution in [0, 0.1) is 12.7 Å². The Morgan fingerprint density at radius 1 is 1.55 bits per heavy atom. The summed E-state index contributed by atoms with van der Waals surface area (Å²) < 4.78 is 19.3. The second-order valence-electron chi connectivity index (χ2n) is 5.90. The minimum absolute atomic E-state index is 0.00301. The minimum atomic E-state index is -0.842. The Kier molecular flexibility index (Phi) is 5.88. The molecule has 122 valence electrons. The van der Waals surface area contributed by atoms with Gasteiger partial charge in [-0.1, -0.05) is 12.1 Å². The van der Waals surface area contributed by atoms with Crippen LogP contribution in [-0.2, 0) is 16.1 Å². The highest BCUT2D eigenvalue weighted by Crippen LogP contribution is 2.14.